The summed E-state index contributed by atoms with van der Waals surface area (Å²) in [7, 11) is 1.67. The van der Waals surface area contributed by atoms with Crippen molar-refractivity contribution < 1.29 is 4.74 Å². The minimum atomic E-state index is 0.513. The molecule has 0 aliphatic carbocycles. The van der Waals surface area contributed by atoms with Crippen LogP contribution < -0.4 is 10.5 Å². The van der Waals surface area contributed by atoms with Gasteiger partial charge in [-0.1, -0.05) is 18.2 Å². The molecule has 2 N–H and O–H groups in total. The van der Waals surface area contributed by atoms with E-state index in [4.69, 9.17) is 10.5 Å². The molecule has 5 nitrogen and oxygen atoms in total. The normalized spacial score (nSPS) is 11.3. The number of nitrogen functional groups attached to an aromatic ring is 1. The molecular weight excluding hydrogens is 300 g/mol. The van der Waals surface area contributed by atoms with E-state index >= 15 is 0 Å². The number of nitrogens with zero attached hydrogens (tertiary/aromatic N) is 3. The van der Waals surface area contributed by atoms with Crippen LogP contribution in [0.25, 0.3) is 27.6 Å². The van der Waals surface area contributed by atoms with Crippen molar-refractivity contribution in [2.75, 3.05) is 12.8 Å². The molecule has 0 spiro atoms. The maximum absolute atomic E-state index is 6.21. The largest absolute Gasteiger partial charge is 0.497 e. The number of hydrogen-bond donors (Lipinski definition) is 1. The molecule has 0 aliphatic rings. The Labute approximate surface area is 139 Å². The van der Waals surface area contributed by atoms with Crippen molar-refractivity contribution in [2.24, 2.45) is 0 Å². The molecule has 0 radical (unpaired) electrons. The fraction of sp³-hybridized carbons (Fsp3) is 0.158. The molecule has 120 valence electrons. The third kappa shape index (κ3) is 2.01. The SMILES string of the molecule is COc1ccc(-n2c3ccccc3c3c(N)nc(C)nc32)c(C)c1. The summed E-state index contributed by atoms with van der Waals surface area (Å²) < 4.78 is 7.47. The highest BCUT2D eigenvalue weighted by Gasteiger charge is 2.17. The van der Waals surface area contributed by atoms with Crippen molar-refractivity contribution in [3.8, 4) is 11.4 Å². The van der Waals surface area contributed by atoms with Crippen molar-refractivity contribution in [2.45, 2.75) is 13.8 Å². The second-order valence-corrected chi connectivity index (χ2v) is 5.86. The summed E-state index contributed by atoms with van der Waals surface area (Å²) in [5.41, 5.74) is 10.3. The second-order valence-electron chi connectivity index (χ2n) is 5.86. The number of nitrogens with two attached hydrogens (primary N) is 1. The zero-order valence-electron chi connectivity index (χ0n) is 13.9. The lowest BCUT2D eigenvalue weighted by molar-refractivity contribution is 0.414. The van der Waals surface area contributed by atoms with Gasteiger partial charge in [0.1, 0.15) is 17.4 Å². The zero-order chi connectivity index (χ0) is 16.8. The van der Waals surface area contributed by atoms with E-state index in [0.717, 1.165) is 38.9 Å². The molecule has 4 rings (SSSR count). The van der Waals surface area contributed by atoms with Gasteiger partial charge in [-0.05, 0) is 43.7 Å². The van der Waals surface area contributed by atoms with Crippen LogP contribution in [0.15, 0.2) is 42.5 Å². The summed E-state index contributed by atoms with van der Waals surface area (Å²) in [4.78, 5) is 9.02. The summed E-state index contributed by atoms with van der Waals surface area (Å²) in [6.45, 7) is 3.93. The Morgan fingerprint density at radius 3 is 2.58 bits per heavy atom. The van der Waals surface area contributed by atoms with Crippen molar-refractivity contribution in [1.82, 2.24) is 14.5 Å². The molecule has 0 atom stereocenters. The van der Waals surface area contributed by atoms with Crippen molar-refractivity contribution in [3.05, 3.63) is 53.9 Å². The average Bonchev–Trinajstić information content (AvgIpc) is 2.89. The van der Waals surface area contributed by atoms with Gasteiger partial charge in [-0.15, -0.1) is 0 Å². The molecule has 0 saturated heterocycles. The minimum absolute atomic E-state index is 0.513. The van der Waals surface area contributed by atoms with Gasteiger partial charge in [-0.25, -0.2) is 9.97 Å². The Morgan fingerprint density at radius 1 is 1.04 bits per heavy atom. The van der Waals surface area contributed by atoms with Crippen LogP contribution >= 0.6 is 0 Å². The first-order valence-corrected chi connectivity index (χ1v) is 7.78. The van der Waals surface area contributed by atoms with E-state index in [9.17, 15) is 0 Å². The predicted octanol–water partition coefficient (Wildman–Crippen LogP) is 3.78. The maximum atomic E-state index is 6.21. The third-order valence-corrected chi connectivity index (χ3v) is 4.30. The number of rotatable bonds is 2. The Bertz CT molecular complexity index is 1080. The highest BCUT2D eigenvalue weighted by molar-refractivity contribution is 6.12. The van der Waals surface area contributed by atoms with Crippen LogP contribution in [0.3, 0.4) is 0 Å². The maximum Gasteiger partial charge on any atom is 0.151 e. The summed E-state index contributed by atoms with van der Waals surface area (Å²) in [6.07, 6.45) is 0. The standard InChI is InChI=1S/C19H18N4O/c1-11-10-13(24-3)8-9-15(11)23-16-7-5-4-6-14(16)17-18(20)21-12(2)22-19(17)23/h4-10H,1-3H3,(H2,20,21,22). The highest BCUT2D eigenvalue weighted by atomic mass is 16.5. The van der Waals surface area contributed by atoms with Crippen LogP contribution in [0.1, 0.15) is 11.4 Å². The van der Waals surface area contributed by atoms with Gasteiger partial charge in [0, 0.05) is 5.39 Å². The molecule has 5 heteroatoms. The number of benzene rings is 2. The first-order chi connectivity index (χ1) is 11.6. The van der Waals surface area contributed by atoms with Crippen LogP contribution in [-0.4, -0.2) is 21.6 Å². The van der Waals surface area contributed by atoms with Gasteiger partial charge in [0.2, 0.25) is 0 Å². The van der Waals surface area contributed by atoms with E-state index < -0.39 is 0 Å². The van der Waals surface area contributed by atoms with Gasteiger partial charge in [0.15, 0.2) is 5.65 Å². The monoisotopic (exact) mass is 318 g/mol. The van der Waals surface area contributed by atoms with Crippen LogP contribution in [0.5, 0.6) is 5.75 Å². The molecule has 4 aromatic rings. The van der Waals surface area contributed by atoms with E-state index in [-0.39, 0.29) is 0 Å². The van der Waals surface area contributed by atoms with Crippen molar-refractivity contribution in [1.29, 1.82) is 0 Å². The second kappa shape index (κ2) is 5.23. The molecular formula is C19H18N4O. The number of hydrogen-bond acceptors (Lipinski definition) is 4. The molecule has 0 bridgehead atoms. The van der Waals surface area contributed by atoms with Crippen molar-refractivity contribution in [3.63, 3.8) is 0 Å². The average molecular weight is 318 g/mol. The third-order valence-electron chi connectivity index (χ3n) is 4.30. The lowest BCUT2D eigenvalue weighted by atomic mass is 10.2. The van der Waals surface area contributed by atoms with Crippen LogP contribution in [0, 0.1) is 13.8 Å². The number of para-hydroxylation sites is 1. The molecule has 0 saturated carbocycles. The molecule has 2 aromatic carbocycles. The van der Waals surface area contributed by atoms with Crippen LogP contribution in [-0.2, 0) is 0 Å². The molecule has 2 aromatic heterocycles. The molecule has 0 aliphatic heterocycles. The topological polar surface area (TPSA) is 66.0 Å². The Morgan fingerprint density at radius 2 is 1.83 bits per heavy atom. The fourth-order valence-electron chi connectivity index (χ4n) is 3.24. The number of ether oxygens (including phenoxy) is 1. The number of aryl methyl sites for hydroxylation is 2. The Balaban J connectivity index is 2.18. The van der Waals surface area contributed by atoms with Crippen LogP contribution in [0.2, 0.25) is 0 Å². The number of aromatic nitrogens is 3. The number of anilines is 1. The minimum Gasteiger partial charge on any atom is -0.497 e. The van der Waals surface area contributed by atoms with E-state index in [0.29, 0.717) is 11.6 Å². The van der Waals surface area contributed by atoms with Gasteiger partial charge in [-0.2, -0.15) is 0 Å². The van der Waals surface area contributed by atoms with Gasteiger partial charge in [-0.3, -0.25) is 4.57 Å². The Kier molecular flexibility index (Phi) is 3.16. The van der Waals surface area contributed by atoms with E-state index in [2.05, 4.69) is 33.6 Å². The number of methoxy groups -OCH3 is 1. The van der Waals surface area contributed by atoms with E-state index in [1.165, 1.54) is 0 Å². The summed E-state index contributed by atoms with van der Waals surface area (Å²) in [5, 5.41) is 1.95. The molecule has 24 heavy (non-hydrogen) atoms. The molecule has 2 heterocycles. The fourth-order valence-corrected chi connectivity index (χ4v) is 3.24. The Hall–Kier alpha value is -3.08. The smallest absolute Gasteiger partial charge is 0.151 e. The molecule has 0 amide bonds. The van der Waals surface area contributed by atoms with Gasteiger partial charge >= 0.3 is 0 Å². The summed E-state index contributed by atoms with van der Waals surface area (Å²) in [5.74, 6) is 2.01. The summed E-state index contributed by atoms with van der Waals surface area (Å²) in [6, 6.07) is 14.2. The van der Waals surface area contributed by atoms with Gasteiger partial charge in [0.25, 0.3) is 0 Å². The van der Waals surface area contributed by atoms with Gasteiger partial charge < -0.3 is 10.5 Å². The van der Waals surface area contributed by atoms with E-state index in [1.54, 1.807) is 7.11 Å². The lowest BCUT2D eigenvalue weighted by Crippen LogP contribution is -2.02. The number of fused-ring (bicyclic) bond motifs is 3. The lowest BCUT2D eigenvalue weighted by Gasteiger charge is -2.12. The van der Waals surface area contributed by atoms with Gasteiger partial charge in [0.05, 0.1) is 23.7 Å². The molecule has 0 fully saturated rings. The van der Waals surface area contributed by atoms with Crippen LogP contribution in [0.4, 0.5) is 5.82 Å². The first-order valence-electron chi connectivity index (χ1n) is 7.78. The predicted molar refractivity (Wildman–Crippen MR) is 96.8 cm³/mol. The summed E-state index contributed by atoms with van der Waals surface area (Å²) >= 11 is 0. The van der Waals surface area contributed by atoms with E-state index in [1.807, 2.05) is 37.3 Å². The quantitative estimate of drug-likeness (QED) is 0.611. The van der Waals surface area contributed by atoms with Crippen molar-refractivity contribution >= 4 is 27.8 Å². The zero-order valence-corrected chi connectivity index (χ0v) is 13.9. The molecule has 0 unspecified atom stereocenters. The first kappa shape index (κ1) is 14.5. The highest BCUT2D eigenvalue weighted by Crippen LogP contribution is 2.35.